The van der Waals surface area contributed by atoms with Crippen LogP contribution in [0, 0.1) is 0 Å². The van der Waals surface area contributed by atoms with E-state index in [0.29, 0.717) is 0 Å². The lowest BCUT2D eigenvalue weighted by Gasteiger charge is -2.20. The molecule has 6 aromatic carbocycles. The molecule has 0 unspecified atom stereocenters. The first kappa shape index (κ1) is 20.6. The van der Waals surface area contributed by atoms with Gasteiger partial charge in [0.25, 0.3) is 0 Å². The third-order valence-electron chi connectivity index (χ3n) is 7.15. The number of benzene rings is 6. The van der Waals surface area contributed by atoms with Gasteiger partial charge in [0.2, 0.25) is 0 Å². The molecule has 0 N–H and O–H groups in total. The van der Waals surface area contributed by atoms with Crippen molar-refractivity contribution in [2.75, 3.05) is 0 Å². The van der Waals surface area contributed by atoms with Crippen molar-refractivity contribution in [3.8, 4) is 33.4 Å². The van der Waals surface area contributed by atoms with E-state index in [-0.39, 0.29) is 0 Å². The summed E-state index contributed by atoms with van der Waals surface area (Å²) in [4.78, 5) is 4.64. The van der Waals surface area contributed by atoms with Crippen molar-refractivity contribution in [1.29, 1.82) is 0 Å². The Balaban J connectivity index is 1.65. The third-order valence-corrected chi connectivity index (χ3v) is 7.15. The maximum absolute atomic E-state index is 4.64. The summed E-state index contributed by atoms with van der Waals surface area (Å²) in [6, 6.07) is 45.6. The van der Waals surface area contributed by atoms with E-state index in [2.05, 4.69) is 132 Å². The molecule has 0 spiro atoms. The minimum atomic E-state index is 1.15. The van der Waals surface area contributed by atoms with Gasteiger partial charge in [-0.3, -0.25) is 4.98 Å². The zero-order valence-electron chi connectivity index (χ0n) is 19.7. The van der Waals surface area contributed by atoms with Crippen LogP contribution in [0.3, 0.4) is 0 Å². The Hall–Kier alpha value is -4.75. The molecule has 0 aliphatic rings. The Morgan fingerprint density at radius 3 is 1.44 bits per heavy atom. The van der Waals surface area contributed by atoms with E-state index < -0.39 is 0 Å². The first-order valence-electron chi connectivity index (χ1n) is 12.3. The maximum atomic E-state index is 4.64. The summed E-state index contributed by atoms with van der Waals surface area (Å²) in [6.07, 6.45) is 3.97. The van der Waals surface area contributed by atoms with Gasteiger partial charge in [-0.05, 0) is 54.7 Å². The van der Waals surface area contributed by atoms with Crippen LogP contribution in [0.1, 0.15) is 0 Å². The Morgan fingerprint density at radius 2 is 0.806 bits per heavy atom. The smallest absolute Gasteiger partial charge is 0.0353 e. The van der Waals surface area contributed by atoms with Crippen molar-refractivity contribution in [1.82, 2.24) is 4.98 Å². The highest BCUT2D eigenvalue weighted by Crippen LogP contribution is 2.46. The first-order chi connectivity index (χ1) is 17.9. The Morgan fingerprint density at radius 1 is 0.333 bits per heavy atom. The highest BCUT2D eigenvalue weighted by atomic mass is 14.6. The van der Waals surface area contributed by atoms with E-state index in [9.17, 15) is 0 Å². The molecule has 0 bridgehead atoms. The molecule has 0 aliphatic heterocycles. The average molecular weight is 458 g/mol. The standard InChI is InChI=1S/C35H23N/c1-2-12-24(13-3-1)26-15-6-7-17-28(26)34-29-18-8-10-20-31(29)35(32-21-11-9-19-30(32)34)33-23-36-22-25-14-4-5-16-27(25)33/h1-23H. The topological polar surface area (TPSA) is 12.9 Å². The zero-order chi connectivity index (χ0) is 23.9. The fourth-order valence-electron chi connectivity index (χ4n) is 5.60. The molecule has 0 fully saturated rings. The van der Waals surface area contributed by atoms with Crippen molar-refractivity contribution in [3.05, 3.63) is 140 Å². The highest BCUT2D eigenvalue weighted by Gasteiger charge is 2.19. The van der Waals surface area contributed by atoms with Crippen LogP contribution in [0.15, 0.2) is 140 Å². The van der Waals surface area contributed by atoms with E-state index in [1.807, 2.05) is 12.4 Å². The van der Waals surface area contributed by atoms with Gasteiger partial charge >= 0.3 is 0 Å². The van der Waals surface area contributed by atoms with Gasteiger partial charge < -0.3 is 0 Å². The minimum Gasteiger partial charge on any atom is -0.263 e. The summed E-state index contributed by atoms with van der Waals surface area (Å²) in [5.74, 6) is 0. The summed E-state index contributed by atoms with van der Waals surface area (Å²) >= 11 is 0. The monoisotopic (exact) mass is 457 g/mol. The van der Waals surface area contributed by atoms with Crippen LogP contribution >= 0.6 is 0 Å². The average Bonchev–Trinajstić information content (AvgIpc) is 2.96. The molecule has 1 nitrogen and oxygen atoms in total. The van der Waals surface area contributed by atoms with E-state index >= 15 is 0 Å². The first-order valence-corrected chi connectivity index (χ1v) is 12.3. The van der Waals surface area contributed by atoms with E-state index in [0.717, 1.165) is 5.39 Å². The van der Waals surface area contributed by atoms with Gasteiger partial charge in [-0.25, -0.2) is 0 Å². The van der Waals surface area contributed by atoms with Gasteiger partial charge in [0.1, 0.15) is 0 Å². The number of rotatable bonds is 3. The molecule has 0 amide bonds. The summed E-state index contributed by atoms with van der Waals surface area (Å²) in [5.41, 5.74) is 7.41. The van der Waals surface area contributed by atoms with Crippen LogP contribution in [-0.2, 0) is 0 Å². The minimum absolute atomic E-state index is 1.15. The van der Waals surface area contributed by atoms with Gasteiger partial charge in [0, 0.05) is 23.3 Å². The summed E-state index contributed by atoms with van der Waals surface area (Å²) in [6.45, 7) is 0. The Bertz CT molecular complexity index is 1820. The number of pyridine rings is 1. The number of hydrogen-bond donors (Lipinski definition) is 0. The molecule has 1 heteroatoms. The van der Waals surface area contributed by atoms with E-state index in [1.54, 1.807) is 0 Å². The van der Waals surface area contributed by atoms with Crippen molar-refractivity contribution >= 4 is 32.3 Å². The van der Waals surface area contributed by atoms with Gasteiger partial charge in [-0.15, -0.1) is 0 Å². The van der Waals surface area contributed by atoms with E-state index in [1.165, 1.54) is 60.3 Å². The fraction of sp³-hybridized carbons (Fsp3) is 0. The van der Waals surface area contributed by atoms with Gasteiger partial charge in [0.05, 0.1) is 0 Å². The largest absolute Gasteiger partial charge is 0.263 e. The molecule has 0 aliphatic carbocycles. The van der Waals surface area contributed by atoms with Crippen LogP contribution in [0.25, 0.3) is 65.7 Å². The molecule has 0 saturated heterocycles. The number of fused-ring (bicyclic) bond motifs is 3. The van der Waals surface area contributed by atoms with Crippen LogP contribution in [0.2, 0.25) is 0 Å². The van der Waals surface area contributed by atoms with Crippen molar-refractivity contribution in [3.63, 3.8) is 0 Å². The molecule has 36 heavy (non-hydrogen) atoms. The molecular formula is C35H23N. The van der Waals surface area contributed by atoms with Crippen LogP contribution in [-0.4, -0.2) is 4.98 Å². The second-order valence-electron chi connectivity index (χ2n) is 9.16. The quantitative estimate of drug-likeness (QED) is 0.241. The molecule has 168 valence electrons. The summed E-state index contributed by atoms with van der Waals surface area (Å²) < 4.78 is 0. The Labute approximate surface area is 210 Å². The molecular weight excluding hydrogens is 434 g/mol. The van der Waals surface area contributed by atoms with Crippen LogP contribution in [0.4, 0.5) is 0 Å². The second-order valence-corrected chi connectivity index (χ2v) is 9.16. The number of nitrogens with zero attached hydrogens (tertiary/aromatic N) is 1. The Kier molecular flexibility index (Phi) is 4.85. The lowest BCUT2D eigenvalue weighted by molar-refractivity contribution is 1.37. The maximum Gasteiger partial charge on any atom is 0.0353 e. The fourth-order valence-corrected chi connectivity index (χ4v) is 5.60. The van der Waals surface area contributed by atoms with Gasteiger partial charge in [0.15, 0.2) is 0 Å². The number of aromatic nitrogens is 1. The van der Waals surface area contributed by atoms with Crippen molar-refractivity contribution in [2.24, 2.45) is 0 Å². The molecule has 7 aromatic rings. The second kappa shape index (κ2) is 8.48. The molecule has 7 rings (SSSR count). The predicted octanol–water partition coefficient (Wildman–Crippen LogP) is 9.54. The van der Waals surface area contributed by atoms with E-state index in [4.69, 9.17) is 0 Å². The summed E-state index contributed by atoms with van der Waals surface area (Å²) in [5, 5.41) is 7.37. The third kappa shape index (κ3) is 3.21. The number of hydrogen-bond acceptors (Lipinski definition) is 1. The highest BCUT2D eigenvalue weighted by molar-refractivity contribution is 6.24. The molecule has 1 aromatic heterocycles. The lowest BCUT2D eigenvalue weighted by Crippen LogP contribution is -1.93. The summed E-state index contributed by atoms with van der Waals surface area (Å²) in [7, 11) is 0. The molecule has 0 atom stereocenters. The lowest BCUT2D eigenvalue weighted by atomic mass is 9.83. The molecule has 0 radical (unpaired) electrons. The van der Waals surface area contributed by atoms with Gasteiger partial charge in [-0.2, -0.15) is 0 Å². The normalized spacial score (nSPS) is 11.3. The predicted molar refractivity (Wildman–Crippen MR) is 153 cm³/mol. The zero-order valence-corrected chi connectivity index (χ0v) is 19.7. The van der Waals surface area contributed by atoms with Crippen LogP contribution in [0.5, 0.6) is 0 Å². The van der Waals surface area contributed by atoms with Crippen molar-refractivity contribution < 1.29 is 0 Å². The van der Waals surface area contributed by atoms with Gasteiger partial charge in [-0.1, -0.05) is 127 Å². The molecule has 0 saturated carbocycles. The van der Waals surface area contributed by atoms with Crippen LogP contribution < -0.4 is 0 Å². The SMILES string of the molecule is c1ccc(-c2ccccc2-c2c3ccccc3c(-c3cncc4ccccc34)c3ccccc23)cc1. The molecule has 1 heterocycles. The van der Waals surface area contributed by atoms with Crippen molar-refractivity contribution in [2.45, 2.75) is 0 Å².